The van der Waals surface area contributed by atoms with Crippen LogP contribution in [0.2, 0.25) is 0 Å². The second kappa shape index (κ2) is 22.2. The molecule has 26 heavy (non-hydrogen) atoms. The van der Waals surface area contributed by atoms with E-state index in [-0.39, 0.29) is 12.5 Å². The van der Waals surface area contributed by atoms with Gasteiger partial charge in [0, 0.05) is 13.0 Å². The molecule has 0 bridgehead atoms. The van der Waals surface area contributed by atoms with Crippen molar-refractivity contribution in [1.29, 1.82) is 0 Å². The zero-order valence-corrected chi connectivity index (χ0v) is 16.9. The first-order valence-corrected chi connectivity index (χ1v) is 10.9. The molecule has 0 radical (unpaired) electrons. The lowest BCUT2D eigenvalue weighted by atomic mass is 10.1. The first-order valence-electron chi connectivity index (χ1n) is 10.9. The number of carbonyl (C=O) groups excluding carboxylic acids is 1. The number of rotatable bonds is 21. The van der Waals surface area contributed by atoms with Crippen LogP contribution >= 0.6 is 0 Å². The van der Waals surface area contributed by atoms with Gasteiger partial charge in [-0.25, -0.2) is 0 Å². The van der Waals surface area contributed by atoms with E-state index in [1.54, 1.807) is 0 Å². The molecule has 4 nitrogen and oxygen atoms in total. The minimum Gasteiger partial charge on any atom is -0.394 e. The second-order valence-corrected chi connectivity index (χ2v) is 7.20. The summed E-state index contributed by atoms with van der Waals surface area (Å²) in [7, 11) is 0. The lowest BCUT2D eigenvalue weighted by Crippen LogP contribution is -2.09. The molecule has 154 valence electrons. The SMILES string of the molecule is NC(=O)CCCCCCCC=CCCCCCCCCCCOCCO. The van der Waals surface area contributed by atoms with E-state index in [0.717, 1.165) is 25.9 Å². The molecule has 0 aromatic carbocycles. The van der Waals surface area contributed by atoms with E-state index in [1.807, 2.05) is 0 Å². The van der Waals surface area contributed by atoms with Crippen LogP contribution in [0, 0.1) is 0 Å². The molecule has 0 heterocycles. The molecule has 1 amide bonds. The molecule has 0 atom stereocenters. The second-order valence-electron chi connectivity index (χ2n) is 7.20. The summed E-state index contributed by atoms with van der Waals surface area (Å²) in [6, 6.07) is 0. The number of ether oxygens (including phenoxy) is 1. The van der Waals surface area contributed by atoms with Crippen LogP contribution in [0.5, 0.6) is 0 Å². The summed E-state index contributed by atoms with van der Waals surface area (Å²) in [5, 5.41) is 8.59. The third-order valence-corrected chi connectivity index (χ3v) is 4.61. The number of nitrogens with two attached hydrogens (primary N) is 1. The highest BCUT2D eigenvalue weighted by molar-refractivity contribution is 5.73. The van der Waals surface area contributed by atoms with Crippen molar-refractivity contribution in [2.24, 2.45) is 5.73 Å². The number of aliphatic hydroxyl groups excluding tert-OH is 1. The Labute approximate surface area is 161 Å². The zero-order valence-electron chi connectivity index (χ0n) is 16.9. The Morgan fingerprint density at radius 3 is 1.65 bits per heavy atom. The first-order chi connectivity index (χ1) is 12.8. The number of amides is 1. The van der Waals surface area contributed by atoms with E-state index in [0.29, 0.717) is 13.0 Å². The average molecular weight is 370 g/mol. The summed E-state index contributed by atoms with van der Waals surface area (Å²) in [6.45, 7) is 1.41. The fourth-order valence-corrected chi connectivity index (χ4v) is 3.02. The molecule has 0 fully saturated rings. The van der Waals surface area contributed by atoms with Gasteiger partial charge >= 0.3 is 0 Å². The van der Waals surface area contributed by atoms with E-state index in [2.05, 4.69) is 12.2 Å². The Morgan fingerprint density at radius 2 is 1.15 bits per heavy atom. The maximum absolute atomic E-state index is 10.6. The minimum atomic E-state index is -0.173. The summed E-state index contributed by atoms with van der Waals surface area (Å²) in [5.41, 5.74) is 5.12. The van der Waals surface area contributed by atoms with Crippen LogP contribution in [-0.4, -0.2) is 30.8 Å². The largest absolute Gasteiger partial charge is 0.394 e. The van der Waals surface area contributed by atoms with Gasteiger partial charge in [0.15, 0.2) is 0 Å². The minimum absolute atomic E-state index is 0.134. The number of allylic oxidation sites excluding steroid dienone is 2. The third-order valence-electron chi connectivity index (χ3n) is 4.61. The maximum atomic E-state index is 10.6. The van der Waals surface area contributed by atoms with Crippen molar-refractivity contribution in [2.75, 3.05) is 19.8 Å². The molecule has 0 aromatic heterocycles. The summed E-state index contributed by atoms with van der Waals surface area (Å²) < 4.78 is 5.25. The van der Waals surface area contributed by atoms with Crippen LogP contribution in [0.3, 0.4) is 0 Å². The number of hydrogen-bond donors (Lipinski definition) is 2. The fourth-order valence-electron chi connectivity index (χ4n) is 3.02. The molecule has 0 aliphatic rings. The molecule has 3 N–H and O–H groups in total. The van der Waals surface area contributed by atoms with Gasteiger partial charge in [-0.3, -0.25) is 4.79 Å². The van der Waals surface area contributed by atoms with Crippen molar-refractivity contribution in [3.8, 4) is 0 Å². The van der Waals surface area contributed by atoms with Gasteiger partial charge in [0.2, 0.25) is 5.91 Å². The van der Waals surface area contributed by atoms with E-state index in [1.165, 1.54) is 77.0 Å². The van der Waals surface area contributed by atoms with E-state index in [4.69, 9.17) is 15.6 Å². The summed E-state index contributed by atoms with van der Waals surface area (Å²) >= 11 is 0. The number of carbonyl (C=O) groups is 1. The third kappa shape index (κ3) is 23.1. The van der Waals surface area contributed by atoms with Crippen molar-refractivity contribution in [2.45, 2.75) is 103 Å². The summed E-state index contributed by atoms with van der Waals surface area (Å²) in [4.78, 5) is 10.6. The van der Waals surface area contributed by atoms with Crippen LogP contribution in [0.4, 0.5) is 0 Å². The lowest BCUT2D eigenvalue weighted by Gasteiger charge is -2.03. The monoisotopic (exact) mass is 369 g/mol. The predicted octanol–water partition coefficient (Wildman–Crippen LogP) is 5.28. The Hall–Kier alpha value is -0.870. The predicted molar refractivity (Wildman–Crippen MR) is 110 cm³/mol. The fraction of sp³-hybridized carbons (Fsp3) is 0.864. The Balaban J connectivity index is 3.07. The molecule has 0 aliphatic heterocycles. The number of primary amides is 1. The van der Waals surface area contributed by atoms with E-state index < -0.39 is 0 Å². The molecule has 0 aliphatic carbocycles. The standard InChI is InChI=1S/C22H43NO3/c23-22(25)18-16-14-12-10-8-6-4-2-1-3-5-7-9-11-13-15-17-20-26-21-19-24/h2,4,24H,1,3,5-21H2,(H2,23,25). The molecular formula is C22H43NO3. The highest BCUT2D eigenvalue weighted by Gasteiger charge is 1.95. The van der Waals surface area contributed by atoms with Crippen molar-refractivity contribution in [1.82, 2.24) is 0 Å². The molecular weight excluding hydrogens is 326 g/mol. The molecule has 0 unspecified atom stereocenters. The van der Waals surface area contributed by atoms with Gasteiger partial charge in [-0.1, -0.05) is 69.9 Å². The quantitative estimate of drug-likeness (QED) is 0.214. The van der Waals surface area contributed by atoms with Crippen LogP contribution in [0.25, 0.3) is 0 Å². The summed E-state index contributed by atoms with van der Waals surface area (Å²) in [6.07, 6.45) is 23.9. The molecule has 4 heteroatoms. The molecule has 0 saturated heterocycles. The van der Waals surface area contributed by atoms with Gasteiger partial charge < -0.3 is 15.6 Å². The van der Waals surface area contributed by atoms with Crippen LogP contribution in [-0.2, 0) is 9.53 Å². The van der Waals surface area contributed by atoms with Crippen molar-refractivity contribution >= 4 is 5.91 Å². The lowest BCUT2D eigenvalue weighted by molar-refractivity contribution is -0.118. The van der Waals surface area contributed by atoms with Gasteiger partial charge in [-0.2, -0.15) is 0 Å². The number of aliphatic hydroxyl groups is 1. The van der Waals surface area contributed by atoms with Crippen LogP contribution in [0.15, 0.2) is 12.2 Å². The highest BCUT2D eigenvalue weighted by Crippen LogP contribution is 2.11. The zero-order chi connectivity index (χ0) is 19.1. The average Bonchev–Trinajstić information content (AvgIpc) is 2.62. The molecule has 0 rings (SSSR count). The summed E-state index contributed by atoms with van der Waals surface area (Å²) in [5.74, 6) is -0.173. The molecule has 0 saturated carbocycles. The van der Waals surface area contributed by atoms with Gasteiger partial charge in [0.1, 0.15) is 0 Å². The molecule has 0 aromatic rings. The van der Waals surface area contributed by atoms with E-state index >= 15 is 0 Å². The Morgan fingerprint density at radius 1 is 0.692 bits per heavy atom. The molecule has 0 spiro atoms. The van der Waals surface area contributed by atoms with Crippen molar-refractivity contribution in [3.63, 3.8) is 0 Å². The van der Waals surface area contributed by atoms with Gasteiger partial charge in [-0.15, -0.1) is 0 Å². The Bertz CT molecular complexity index is 319. The first kappa shape index (κ1) is 25.1. The number of hydrogen-bond acceptors (Lipinski definition) is 3. The Kier molecular flexibility index (Phi) is 21.4. The van der Waals surface area contributed by atoms with Crippen LogP contribution in [0.1, 0.15) is 103 Å². The van der Waals surface area contributed by atoms with Gasteiger partial charge in [-0.05, 0) is 38.5 Å². The van der Waals surface area contributed by atoms with Gasteiger partial charge in [0.05, 0.1) is 13.2 Å². The number of unbranched alkanes of at least 4 members (excludes halogenated alkanes) is 13. The van der Waals surface area contributed by atoms with Crippen molar-refractivity contribution < 1.29 is 14.6 Å². The smallest absolute Gasteiger partial charge is 0.217 e. The van der Waals surface area contributed by atoms with Crippen molar-refractivity contribution in [3.05, 3.63) is 12.2 Å². The highest BCUT2D eigenvalue weighted by atomic mass is 16.5. The van der Waals surface area contributed by atoms with Gasteiger partial charge in [0.25, 0.3) is 0 Å². The maximum Gasteiger partial charge on any atom is 0.217 e. The van der Waals surface area contributed by atoms with E-state index in [9.17, 15) is 4.79 Å². The topological polar surface area (TPSA) is 72.6 Å². The van der Waals surface area contributed by atoms with Crippen LogP contribution < -0.4 is 5.73 Å². The normalized spacial score (nSPS) is 11.4.